The van der Waals surface area contributed by atoms with E-state index >= 15 is 0 Å². The van der Waals surface area contributed by atoms with Crippen LogP contribution < -0.4 is 5.32 Å². The second kappa shape index (κ2) is 6.16. The Morgan fingerprint density at radius 1 is 1.10 bits per heavy atom. The summed E-state index contributed by atoms with van der Waals surface area (Å²) in [6, 6.07) is 2.08. The summed E-state index contributed by atoms with van der Waals surface area (Å²) >= 11 is 0. The molecule has 0 radical (unpaired) electrons. The first-order valence-corrected chi connectivity index (χ1v) is 7.68. The zero-order valence-electron chi connectivity index (χ0n) is 12.6. The Morgan fingerprint density at radius 3 is 2.48 bits per heavy atom. The van der Waals surface area contributed by atoms with Gasteiger partial charge in [0.15, 0.2) is 11.6 Å². The fraction of sp³-hybridized carbons (Fsp3) is 0.500. The molecule has 2 aromatic heterocycles. The van der Waals surface area contributed by atoms with Crippen LogP contribution in [0.1, 0.15) is 49.8 Å². The van der Waals surface area contributed by atoms with Gasteiger partial charge in [-0.05, 0) is 32.3 Å². The van der Waals surface area contributed by atoms with Crippen LogP contribution in [0.2, 0.25) is 0 Å². The van der Waals surface area contributed by atoms with Gasteiger partial charge in [0.05, 0.1) is 0 Å². The molecule has 0 aromatic carbocycles. The number of aryl methyl sites for hydroxylation is 1. The molecule has 5 nitrogen and oxygen atoms in total. The topological polar surface area (TPSA) is 63.6 Å². The highest BCUT2D eigenvalue weighted by Gasteiger charge is 2.20. The van der Waals surface area contributed by atoms with E-state index in [0.717, 1.165) is 23.6 Å². The molecular weight excluding hydrogens is 262 g/mol. The maximum absolute atomic E-state index is 4.72. The Morgan fingerprint density at radius 2 is 1.81 bits per heavy atom. The molecule has 1 saturated carbocycles. The number of anilines is 1. The zero-order chi connectivity index (χ0) is 14.7. The van der Waals surface area contributed by atoms with Crippen LogP contribution in [-0.4, -0.2) is 26.5 Å². The third-order valence-electron chi connectivity index (χ3n) is 3.86. The summed E-state index contributed by atoms with van der Waals surface area (Å²) in [6.07, 6.45) is 8.64. The van der Waals surface area contributed by atoms with Crippen molar-refractivity contribution in [1.82, 2.24) is 19.9 Å². The van der Waals surface area contributed by atoms with Gasteiger partial charge in [0.2, 0.25) is 0 Å². The average Bonchev–Trinajstić information content (AvgIpc) is 3.02. The van der Waals surface area contributed by atoms with Gasteiger partial charge in [0.1, 0.15) is 5.82 Å². The molecule has 1 aliphatic rings. The lowest BCUT2D eigenvalue weighted by atomic mass is 10.0. The third-order valence-corrected chi connectivity index (χ3v) is 3.86. The largest absolute Gasteiger partial charge is 0.370 e. The van der Waals surface area contributed by atoms with Crippen molar-refractivity contribution < 1.29 is 0 Å². The van der Waals surface area contributed by atoms with Gasteiger partial charge >= 0.3 is 0 Å². The molecule has 0 unspecified atom stereocenters. The first kappa shape index (κ1) is 13.9. The highest BCUT2D eigenvalue weighted by Crippen LogP contribution is 2.34. The van der Waals surface area contributed by atoms with Crippen molar-refractivity contribution in [2.45, 2.75) is 45.4 Å². The van der Waals surface area contributed by atoms with Crippen molar-refractivity contribution in [3.63, 3.8) is 0 Å². The predicted molar refractivity (Wildman–Crippen MR) is 83.2 cm³/mol. The Hall–Kier alpha value is -2.04. The molecule has 0 saturated heterocycles. The van der Waals surface area contributed by atoms with Crippen LogP contribution in [0, 0.1) is 6.92 Å². The Balaban J connectivity index is 1.99. The number of hydrogen-bond acceptors (Lipinski definition) is 5. The van der Waals surface area contributed by atoms with Crippen molar-refractivity contribution in [1.29, 1.82) is 0 Å². The van der Waals surface area contributed by atoms with Crippen molar-refractivity contribution >= 4 is 5.82 Å². The first-order chi connectivity index (χ1) is 10.3. The molecule has 0 bridgehead atoms. The molecule has 0 aliphatic heterocycles. The van der Waals surface area contributed by atoms with E-state index in [2.05, 4.69) is 33.3 Å². The van der Waals surface area contributed by atoms with E-state index in [-0.39, 0.29) is 0 Å². The van der Waals surface area contributed by atoms with Gasteiger partial charge < -0.3 is 5.32 Å². The van der Waals surface area contributed by atoms with Gasteiger partial charge in [0, 0.05) is 36.6 Å². The predicted octanol–water partition coefficient (Wildman–Crippen LogP) is 3.33. The maximum Gasteiger partial charge on any atom is 0.199 e. The summed E-state index contributed by atoms with van der Waals surface area (Å²) in [5.74, 6) is 2.64. The zero-order valence-corrected chi connectivity index (χ0v) is 12.6. The normalized spacial score (nSPS) is 15.3. The van der Waals surface area contributed by atoms with Crippen LogP contribution >= 0.6 is 0 Å². The third kappa shape index (κ3) is 3.17. The lowest BCUT2D eigenvalue weighted by Crippen LogP contribution is -2.07. The van der Waals surface area contributed by atoms with Crippen LogP contribution in [0.15, 0.2) is 18.5 Å². The smallest absolute Gasteiger partial charge is 0.199 e. The minimum atomic E-state index is 0.551. The van der Waals surface area contributed by atoms with Gasteiger partial charge in [-0.1, -0.05) is 12.8 Å². The summed E-state index contributed by atoms with van der Waals surface area (Å²) in [4.78, 5) is 18.0. The Kier molecular flexibility index (Phi) is 4.08. The monoisotopic (exact) mass is 283 g/mol. The maximum atomic E-state index is 4.72. The average molecular weight is 283 g/mol. The van der Waals surface area contributed by atoms with Gasteiger partial charge in [-0.3, -0.25) is 0 Å². The summed E-state index contributed by atoms with van der Waals surface area (Å²) in [7, 11) is 0. The van der Waals surface area contributed by atoms with E-state index in [0.29, 0.717) is 17.6 Å². The molecule has 3 rings (SSSR count). The minimum Gasteiger partial charge on any atom is -0.370 e. The first-order valence-electron chi connectivity index (χ1n) is 7.68. The summed E-state index contributed by atoms with van der Waals surface area (Å²) in [5, 5.41) is 3.29. The van der Waals surface area contributed by atoms with E-state index in [1.807, 2.05) is 6.92 Å². The Labute approximate surface area is 125 Å². The molecule has 0 amide bonds. The number of aromatic nitrogens is 4. The van der Waals surface area contributed by atoms with E-state index in [1.54, 1.807) is 12.4 Å². The molecule has 1 fully saturated rings. The number of rotatable bonds is 4. The fourth-order valence-electron chi connectivity index (χ4n) is 2.78. The van der Waals surface area contributed by atoms with Gasteiger partial charge in [-0.2, -0.15) is 0 Å². The quantitative estimate of drug-likeness (QED) is 0.932. The summed E-state index contributed by atoms with van der Waals surface area (Å²) in [6.45, 7) is 4.89. The lowest BCUT2D eigenvalue weighted by Gasteiger charge is -2.12. The molecule has 5 heteroatoms. The van der Waals surface area contributed by atoms with Crippen molar-refractivity contribution in [2.24, 2.45) is 0 Å². The molecular formula is C16H21N5. The van der Waals surface area contributed by atoms with Gasteiger partial charge in [-0.25, -0.2) is 19.9 Å². The molecule has 21 heavy (non-hydrogen) atoms. The highest BCUT2D eigenvalue weighted by atomic mass is 15.1. The van der Waals surface area contributed by atoms with Crippen LogP contribution in [0.25, 0.3) is 11.6 Å². The van der Waals surface area contributed by atoms with Crippen molar-refractivity contribution in [3.8, 4) is 11.6 Å². The molecule has 0 spiro atoms. The van der Waals surface area contributed by atoms with Gasteiger partial charge in [0.25, 0.3) is 0 Å². The SMILES string of the molecule is CCNc1cc(C2CCCC2)nc(-c2ncc(C)cn2)n1. The van der Waals surface area contributed by atoms with Crippen LogP contribution in [0.3, 0.4) is 0 Å². The molecule has 110 valence electrons. The Bertz CT molecular complexity index is 603. The molecule has 1 aliphatic carbocycles. The standard InChI is InChI=1S/C16H21N5/c1-3-17-14-8-13(12-6-4-5-7-12)20-16(21-14)15-18-9-11(2)10-19-15/h8-10,12H,3-7H2,1-2H3,(H,17,20,21). The van der Waals surface area contributed by atoms with E-state index < -0.39 is 0 Å². The number of hydrogen-bond donors (Lipinski definition) is 1. The fourth-order valence-corrected chi connectivity index (χ4v) is 2.78. The highest BCUT2D eigenvalue weighted by molar-refractivity contribution is 5.49. The van der Waals surface area contributed by atoms with Crippen molar-refractivity contribution in [2.75, 3.05) is 11.9 Å². The second-order valence-electron chi connectivity index (χ2n) is 5.60. The molecule has 2 aromatic rings. The second-order valence-corrected chi connectivity index (χ2v) is 5.60. The summed E-state index contributed by atoms with van der Waals surface area (Å²) in [5.41, 5.74) is 2.16. The number of nitrogens with zero attached hydrogens (tertiary/aromatic N) is 4. The van der Waals surface area contributed by atoms with Crippen LogP contribution in [0.4, 0.5) is 5.82 Å². The van der Waals surface area contributed by atoms with Crippen molar-refractivity contribution in [3.05, 3.63) is 29.7 Å². The van der Waals surface area contributed by atoms with E-state index in [9.17, 15) is 0 Å². The lowest BCUT2D eigenvalue weighted by molar-refractivity contribution is 0.695. The van der Waals surface area contributed by atoms with E-state index in [4.69, 9.17) is 4.98 Å². The van der Waals surface area contributed by atoms with Gasteiger partial charge in [-0.15, -0.1) is 0 Å². The molecule has 1 N–H and O–H groups in total. The van der Waals surface area contributed by atoms with E-state index in [1.165, 1.54) is 25.7 Å². The van der Waals surface area contributed by atoms with Crippen LogP contribution in [0.5, 0.6) is 0 Å². The minimum absolute atomic E-state index is 0.551. The number of nitrogens with one attached hydrogen (secondary N) is 1. The molecule has 0 atom stereocenters. The molecule has 2 heterocycles. The summed E-state index contributed by atoms with van der Waals surface area (Å²) < 4.78 is 0. The van der Waals surface area contributed by atoms with Crippen LogP contribution in [-0.2, 0) is 0 Å².